The van der Waals surface area contributed by atoms with Crippen molar-refractivity contribution in [3.8, 4) is 6.07 Å². The Morgan fingerprint density at radius 1 is 1.35 bits per heavy atom. The smallest absolute Gasteiger partial charge is 0.102 e. The average molecular weight is 230 g/mol. The molecule has 2 atom stereocenters. The fourth-order valence-corrected chi connectivity index (χ4v) is 2.41. The maximum Gasteiger partial charge on any atom is 0.102 e. The lowest BCUT2D eigenvalue weighted by molar-refractivity contribution is 0.00568. The van der Waals surface area contributed by atoms with E-state index in [1.807, 2.05) is 19.1 Å². The fourth-order valence-electron chi connectivity index (χ4n) is 2.41. The first-order chi connectivity index (χ1) is 8.14. The zero-order valence-corrected chi connectivity index (χ0v) is 10.1. The molecule has 0 amide bonds. The lowest BCUT2D eigenvalue weighted by atomic mass is 9.83. The molecular weight excluding hydrogens is 212 g/mol. The van der Waals surface area contributed by atoms with Crippen molar-refractivity contribution in [3.05, 3.63) is 35.4 Å². The molecule has 3 heteroatoms. The van der Waals surface area contributed by atoms with Crippen LogP contribution in [0.4, 0.5) is 0 Å². The predicted molar refractivity (Wildman–Crippen MR) is 66.4 cm³/mol. The molecule has 0 saturated carbocycles. The van der Waals surface area contributed by atoms with Crippen LogP contribution in [0.5, 0.6) is 0 Å². The molecule has 2 unspecified atom stereocenters. The van der Waals surface area contributed by atoms with Crippen molar-refractivity contribution in [2.45, 2.75) is 37.8 Å². The number of hydrogen-bond donors (Lipinski definition) is 2. The van der Waals surface area contributed by atoms with E-state index in [4.69, 9.17) is 5.26 Å². The van der Waals surface area contributed by atoms with E-state index in [1.54, 1.807) is 12.1 Å². The Labute approximate surface area is 102 Å². The van der Waals surface area contributed by atoms with Crippen LogP contribution in [0, 0.1) is 11.3 Å². The van der Waals surface area contributed by atoms with Crippen LogP contribution >= 0.6 is 0 Å². The number of nitrogens with one attached hydrogen (secondary N) is 1. The van der Waals surface area contributed by atoms with Crippen molar-refractivity contribution in [1.29, 1.82) is 5.26 Å². The normalized spacial score (nSPS) is 23.7. The van der Waals surface area contributed by atoms with Gasteiger partial charge in [-0.2, -0.15) is 5.26 Å². The highest BCUT2D eigenvalue weighted by molar-refractivity contribution is 5.34. The highest BCUT2D eigenvalue weighted by Crippen LogP contribution is 2.29. The number of benzene rings is 1. The third kappa shape index (κ3) is 2.49. The van der Waals surface area contributed by atoms with Gasteiger partial charge in [-0.3, -0.25) is 0 Å². The highest BCUT2D eigenvalue weighted by Gasteiger charge is 2.34. The zero-order valence-electron chi connectivity index (χ0n) is 10.1. The minimum Gasteiger partial charge on any atom is -0.384 e. The second kappa shape index (κ2) is 4.87. The van der Waals surface area contributed by atoms with E-state index in [0.717, 1.165) is 24.9 Å². The summed E-state index contributed by atoms with van der Waals surface area (Å²) in [6, 6.07) is 9.39. The zero-order chi connectivity index (χ0) is 12.3. The quantitative estimate of drug-likeness (QED) is 0.816. The van der Waals surface area contributed by atoms with Gasteiger partial charge in [-0.1, -0.05) is 18.6 Å². The summed E-state index contributed by atoms with van der Waals surface area (Å²) in [6.07, 6.45) is 3.33. The number of piperidine rings is 1. The topological polar surface area (TPSA) is 56.0 Å². The van der Waals surface area contributed by atoms with E-state index in [-0.39, 0.29) is 6.04 Å². The standard InChI is InChI=1S/C14H18N2O/c1-14(17,13-4-2-3-9-16-13)12-7-5-11(10-15)6-8-12/h5-8,13,16-17H,2-4,9H2,1H3. The molecule has 3 nitrogen and oxygen atoms in total. The second-order valence-corrected chi connectivity index (χ2v) is 4.84. The summed E-state index contributed by atoms with van der Waals surface area (Å²) in [4.78, 5) is 0. The van der Waals surface area contributed by atoms with Crippen LogP contribution in [-0.4, -0.2) is 17.7 Å². The van der Waals surface area contributed by atoms with Crippen molar-refractivity contribution >= 4 is 0 Å². The molecule has 1 aliphatic heterocycles. The first-order valence-corrected chi connectivity index (χ1v) is 6.11. The molecule has 0 bridgehead atoms. The molecule has 0 spiro atoms. The van der Waals surface area contributed by atoms with E-state index in [2.05, 4.69) is 11.4 Å². The van der Waals surface area contributed by atoms with Gasteiger partial charge in [-0.25, -0.2) is 0 Å². The van der Waals surface area contributed by atoms with Crippen LogP contribution in [0.2, 0.25) is 0 Å². The lowest BCUT2D eigenvalue weighted by Gasteiger charge is -2.36. The predicted octanol–water partition coefficient (Wildman–Crippen LogP) is 1.91. The van der Waals surface area contributed by atoms with Gasteiger partial charge in [0.2, 0.25) is 0 Å². The van der Waals surface area contributed by atoms with Crippen LogP contribution in [0.25, 0.3) is 0 Å². The number of aliphatic hydroxyl groups is 1. The van der Waals surface area contributed by atoms with E-state index in [9.17, 15) is 5.11 Å². The number of nitrogens with zero attached hydrogens (tertiary/aromatic N) is 1. The van der Waals surface area contributed by atoms with Crippen LogP contribution in [0.3, 0.4) is 0 Å². The Kier molecular flexibility index (Phi) is 3.46. The fraction of sp³-hybridized carbons (Fsp3) is 0.500. The van der Waals surface area contributed by atoms with Gasteiger partial charge in [0.25, 0.3) is 0 Å². The van der Waals surface area contributed by atoms with Crippen molar-refractivity contribution in [2.24, 2.45) is 0 Å². The van der Waals surface area contributed by atoms with Crippen molar-refractivity contribution in [2.75, 3.05) is 6.54 Å². The summed E-state index contributed by atoms with van der Waals surface area (Å²) >= 11 is 0. The Hall–Kier alpha value is -1.37. The Bertz CT molecular complexity index is 411. The lowest BCUT2D eigenvalue weighted by Crippen LogP contribution is -2.49. The van der Waals surface area contributed by atoms with Gasteiger partial charge in [0.15, 0.2) is 0 Å². The molecule has 1 saturated heterocycles. The third-order valence-electron chi connectivity index (χ3n) is 3.59. The van der Waals surface area contributed by atoms with Gasteiger partial charge >= 0.3 is 0 Å². The minimum atomic E-state index is -0.867. The molecule has 0 radical (unpaired) electrons. The van der Waals surface area contributed by atoms with E-state index >= 15 is 0 Å². The summed E-state index contributed by atoms with van der Waals surface area (Å²) in [6.45, 7) is 2.81. The molecule has 0 aromatic heterocycles. The first kappa shape index (κ1) is 12.1. The molecule has 2 rings (SSSR count). The van der Waals surface area contributed by atoms with Crippen LogP contribution < -0.4 is 5.32 Å². The van der Waals surface area contributed by atoms with Crippen LogP contribution in [0.15, 0.2) is 24.3 Å². The van der Waals surface area contributed by atoms with E-state index < -0.39 is 5.60 Å². The highest BCUT2D eigenvalue weighted by atomic mass is 16.3. The molecular formula is C14H18N2O. The van der Waals surface area contributed by atoms with Gasteiger partial charge in [-0.15, -0.1) is 0 Å². The molecule has 1 heterocycles. The van der Waals surface area contributed by atoms with Gasteiger partial charge in [0, 0.05) is 6.04 Å². The maximum absolute atomic E-state index is 10.6. The minimum absolute atomic E-state index is 0.101. The van der Waals surface area contributed by atoms with Crippen LogP contribution in [0.1, 0.15) is 37.3 Å². The number of rotatable bonds is 2. The molecule has 1 aliphatic rings. The summed E-state index contributed by atoms with van der Waals surface area (Å²) in [5.41, 5.74) is 0.631. The summed E-state index contributed by atoms with van der Waals surface area (Å²) in [7, 11) is 0. The Morgan fingerprint density at radius 2 is 2.06 bits per heavy atom. The first-order valence-electron chi connectivity index (χ1n) is 6.11. The van der Waals surface area contributed by atoms with E-state index in [1.165, 1.54) is 6.42 Å². The number of hydrogen-bond acceptors (Lipinski definition) is 3. The second-order valence-electron chi connectivity index (χ2n) is 4.84. The molecule has 2 N–H and O–H groups in total. The Balaban J connectivity index is 2.20. The molecule has 90 valence electrons. The summed E-state index contributed by atoms with van der Waals surface area (Å²) in [5.74, 6) is 0. The van der Waals surface area contributed by atoms with Gasteiger partial charge in [0.1, 0.15) is 5.60 Å². The molecule has 0 aliphatic carbocycles. The average Bonchev–Trinajstić information content (AvgIpc) is 2.40. The monoisotopic (exact) mass is 230 g/mol. The summed E-state index contributed by atoms with van der Waals surface area (Å²) in [5, 5.41) is 22.8. The molecule has 1 aromatic carbocycles. The van der Waals surface area contributed by atoms with Crippen molar-refractivity contribution < 1.29 is 5.11 Å². The van der Waals surface area contributed by atoms with Crippen LogP contribution in [-0.2, 0) is 5.60 Å². The molecule has 17 heavy (non-hydrogen) atoms. The summed E-state index contributed by atoms with van der Waals surface area (Å²) < 4.78 is 0. The SMILES string of the molecule is CC(O)(c1ccc(C#N)cc1)C1CCCCN1. The Morgan fingerprint density at radius 3 is 2.59 bits per heavy atom. The largest absolute Gasteiger partial charge is 0.384 e. The maximum atomic E-state index is 10.6. The van der Waals surface area contributed by atoms with Gasteiger partial charge < -0.3 is 10.4 Å². The molecule has 1 aromatic rings. The third-order valence-corrected chi connectivity index (χ3v) is 3.59. The number of nitriles is 1. The van der Waals surface area contributed by atoms with Gasteiger partial charge in [-0.05, 0) is 44.0 Å². The molecule has 1 fully saturated rings. The van der Waals surface area contributed by atoms with Crippen molar-refractivity contribution in [1.82, 2.24) is 5.32 Å². The van der Waals surface area contributed by atoms with Crippen molar-refractivity contribution in [3.63, 3.8) is 0 Å². The van der Waals surface area contributed by atoms with Gasteiger partial charge in [0.05, 0.1) is 11.6 Å². The van der Waals surface area contributed by atoms with E-state index in [0.29, 0.717) is 5.56 Å².